The zero-order chi connectivity index (χ0) is 20.0. The summed E-state index contributed by atoms with van der Waals surface area (Å²) in [6, 6.07) is 14.8. The van der Waals surface area contributed by atoms with Gasteiger partial charge in [-0.05, 0) is 48.5 Å². The van der Waals surface area contributed by atoms with Crippen molar-refractivity contribution >= 4 is 33.7 Å². The van der Waals surface area contributed by atoms with Gasteiger partial charge in [0, 0.05) is 12.3 Å². The van der Waals surface area contributed by atoms with Crippen LogP contribution in [0.5, 0.6) is 11.5 Å². The fourth-order valence-electron chi connectivity index (χ4n) is 2.14. The number of benzene rings is 2. The van der Waals surface area contributed by atoms with E-state index in [0.717, 1.165) is 0 Å². The highest BCUT2D eigenvalue weighted by Crippen LogP contribution is 2.31. The fraction of sp³-hybridized carbons (Fsp3) is 0. The number of nitrogens with one attached hydrogen (secondary N) is 1. The average molecular weight is 398 g/mol. The Kier molecular flexibility index (Phi) is 5.61. The lowest BCUT2D eigenvalue weighted by Crippen LogP contribution is -2.13. The third kappa shape index (κ3) is 4.68. The summed E-state index contributed by atoms with van der Waals surface area (Å²) in [6.07, 6.45) is 1.48. The molecule has 0 bridgehead atoms. The van der Waals surface area contributed by atoms with Crippen LogP contribution < -0.4 is 9.46 Å². The zero-order valence-corrected chi connectivity index (χ0v) is 15.1. The number of aromatic hydroxyl groups is 1. The van der Waals surface area contributed by atoms with Crippen LogP contribution in [0, 0.1) is 0 Å². The van der Waals surface area contributed by atoms with Gasteiger partial charge in [0.15, 0.2) is 11.5 Å². The van der Waals surface area contributed by atoms with Gasteiger partial charge in [-0.2, -0.15) is 10.2 Å². The molecule has 0 aliphatic heterocycles. The lowest BCUT2D eigenvalue weighted by molar-refractivity contribution is -0.120. The van der Waals surface area contributed by atoms with Crippen molar-refractivity contribution in [2.45, 2.75) is 4.90 Å². The molecule has 2 aromatic carbocycles. The second-order valence-electron chi connectivity index (χ2n) is 5.38. The van der Waals surface area contributed by atoms with E-state index in [1.807, 2.05) is 0 Å². The Morgan fingerprint density at radius 2 is 1.71 bits per heavy atom. The molecule has 28 heavy (non-hydrogen) atoms. The summed E-state index contributed by atoms with van der Waals surface area (Å²) in [5, 5.41) is 17.5. The predicted molar refractivity (Wildman–Crippen MR) is 100 cm³/mol. The van der Waals surface area contributed by atoms with Crippen molar-refractivity contribution < 1.29 is 23.1 Å². The molecule has 0 amide bonds. The SMILES string of the molecule is O=COc1cc(/N=N/c2ccc(S(=O)(=O)Nc3ccccn3)cc2)ccc1O. The van der Waals surface area contributed by atoms with Gasteiger partial charge in [-0.25, -0.2) is 13.4 Å². The van der Waals surface area contributed by atoms with E-state index in [-0.39, 0.29) is 28.7 Å². The molecule has 0 radical (unpaired) electrons. The molecule has 0 aliphatic rings. The van der Waals surface area contributed by atoms with Crippen molar-refractivity contribution in [1.29, 1.82) is 0 Å². The average Bonchev–Trinajstić information content (AvgIpc) is 2.69. The highest BCUT2D eigenvalue weighted by molar-refractivity contribution is 7.92. The number of sulfonamides is 1. The van der Waals surface area contributed by atoms with E-state index in [2.05, 4.69) is 24.7 Å². The molecule has 142 valence electrons. The molecular weight excluding hydrogens is 384 g/mol. The van der Waals surface area contributed by atoms with Gasteiger partial charge in [-0.1, -0.05) is 6.07 Å². The molecule has 0 saturated carbocycles. The van der Waals surface area contributed by atoms with Crippen LogP contribution in [-0.4, -0.2) is 25.0 Å². The van der Waals surface area contributed by atoms with Crippen LogP contribution in [0.4, 0.5) is 17.2 Å². The summed E-state index contributed by atoms with van der Waals surface area (Å²) in [7, 11) is -3.78. The molecule has 0 spiro atoms. The number of phenols is 1. The molecule has 0 aliphatic carbocycles. The number of nitrogens with zero attached hydrogens (tertiary/aromatic N) is 3. The summed E-state index contributed by atoms with van der Waals surface area (Å²) in [4.78, 5) is 14.4. The molecule has 0 fully saturated rings. The molecule has 0 saturated heterocycles. The second kappa shape index (κ2) is 8.27. The predicted octanol–water partition coefficient (Wildman–Crippen LogP) is 3.54. The molecule has 3 rings (SSSR count). The molecule has 1 aromatic heterocycles. The highest BCUT2D eigenvalue weighted by atomic mass is 32.2. The van der Waals surface area contributed by atoms with Crippen molar-refractivity contribution in [2.24, 2.45) is 10.2 Å². The van der Waals surface area contributed by atoms with Gasteiger partial charge in [0.25, 0.3) is 16.5 Å². The summed E-state index contributed by atoms with van der Waals surface area (Å²) in [5.74, 6) is -0.0403. The lowest BCUT2D eigenvalue weighted by Gasteiger charge is -2.07. The Morgan fingerprint density at radius 3 is 2.39 bits per heavy atom. The van der Waals surface area contributed by atoms with Crippen molar-refractivity contribution in [3.8, 4) is 11.5 Å². The van der Waals surface area contributed by atoms with Crippen LogP contribution in [0.25, 0.3) is 0 Å². The van der Waals surface area contributed by atoms with Gasteiger partial charge in [-0.3, -0.25) is 9.52 Å². The van der Waals surface area contributed by atoms with Gasteiger partial charge in [0.05, 0.1) is 16.3 Å². The minimum atomic E-state index is -3.78. The number of aromatic nitrogens is 1. The third-order valence-electron chi connectivity index (χ3n) is 3.45. The van der Waals surface area contributed by atoms with E-state index in [1.165, 1.54) is 48.7 Å². The van der Waals surface area contributed by atoms with E-state index in [1.54, 1.807) is 18.2 Å². The molecule has 1 heterocycles. The van der Waals surface area contributed by atoms with E-state index < -0.39 is 10.0 Å². The van der Waals surface area contributed by atoms with Gasteiger partial charge in [0.2, 0.25) is 0 Å². The van der Waals surface area contributed by atoms with Crippen LogP contribution >= 0.6 is 0 Å². The maximum Gasteiger partial charge on any atom is 0.298 e. The van der Waals surface area contributed by atoms with Crippen LogP contribution in [-0.2, 0) is 14.8 Å². The first-order chi connectivity index (χ1) is 13.5. The van der Waals surface area contributed by atoms with E-state index in [0.29, 0.717) is 11.4 Å². The highest BCUT2D eigenvalue weighted by Gasteiger charge is 2.14. The summed E-state index contributed by atoms with van der Waals surface area (Å²) in [5.41, 5.74) is 0.742. The largest absolute Gasteiger partial charge is 0.504 e. The van der Waals surface area contributed by atoms with Crippen LogP contribution in [0.1, 0.15) is 0 Å². The summed E-state index contributed by atoms with van der Waals surface area (Å²) < 4.78 is 31.7. The Labute approximate surface area is 160 Å². The quantitative estimate of drug-likeness (QED) is 0.462. The Bertz CT molecular complexity index is 1100. The monoisotopic (exact) mass is 398 g/mol. The minimum absolute atomic E-state index is 0.0448. The number of rotatable bonds is 7. The number of pyridine rings is 1. The summed E-state index contributed by atoms with van der Waals surface area (Å²) >= 11 is 0. The Balaban J connectivity index is 1.75. The number of carbonyl (C=O) groups excluding carboxylic acids is 1. The Hall–Kier alpha value is -3.79. The molecular formula is C18H14N4O5S. The number of ether oxygens (including phenoxy) is 1. The van der Waals surface area contributed by atoms with Gasteiger partial charge in [-0.15, -0.1) is 0 Å². The van der Waals surface area contributed by atoms with Crippen molar-refractivity contribution in [2.75, 3.05) is 4.72 Å². The van der Waals surface area contributed by atoms with Crippen molar-refractivity contribution in [1.82, 2.24) is 4.98 Å². The number of carbonyl (C=O) groups is 1. The standard InChI is InChI=1S/C18H14N4O5S/c23-12-27-17-11-14(6-9-16(17)24)21-20-13-4-7-15(8-5-13)28(25,26)22-18-3-1-2-10-19-18/h1-12,24H,(H,19,22)/b21-20+. The van der Waals surface area contributed by atoms with Crippen molar-refractivity contribution in [3.05, 3.63) is 66.9 Å². The lowest BCUT2D eigenvalue weighted by atomic mass is 10.3. The zero-order valence-electron chi connectivity index (χ0n) is 14.3. The normalized spacial score (nSPS) is 11.3. The number of anilines is 1. The van der Waals surface area contributed by atoms with Crippen LogP contribution in [0.3, 0.4) is 0 Å². The van der Waals surface area contributed by atoms with Gasteiger partial charge < -0.3 is 9.84 Å². The molecule has 3 aromatic rings. The van der Waals surface area contributed by atoms with E-state index in [9.17, 15) is 18.3 Å². The minimum Gasteiger partial charge on any atom is -0.504 e. The maximum absolute atomic E-state index is 12.4. The fourth-order valence-corrected chi connectivity index (χ4v) is 3.15. The smallest absolute Gasteiger partial charge is 0.298 e. The topological polar surface area (TPSA) is 130 Å². The van der Waals surface area contributed by atoms with E-state index >= 15 is 0 Å². The molecule has 10 heteroatoms. The maximum atomic E-state index is 12.4. The first-order valence-electron chi connectivity index (χ1n) is 7.87. The molecule has 2 N–H and O–H groups in total. The van der Waals surface area contributed by atoms with E-state index in [4.69, 9.17) is 0 Å². The third-order valence-corrected chi connectivity index (χ3v) is 4.82. The number of phenolic OH excluding ortho intramolecular Hbond substituents is 1. The molecule has 0 atom stereocenters. The number of hydrogen-bond donors (Lipinski definition) is 2. The second-order valence-corrected chi connectivity index (χ2v) is 7.06. The number of azo groups is 1. The number of hydrogen-bond acceptors (Lipinski definition) is 8. The molecule has 0 unspecified atom stereocenters. The van der Waals surface area contributed by atoms with Gasteiger partial charge >= 0.3 is 0 Å². The Morgan fingerprint density at radius 1 is 1.00 bits per heavy atom. The van der Waals surface area contributed by atoms with Crippen LogP contribution in [0.2, 0.25) is 0 Å². The first kappa shape index (κ1) is 19.0. The van der Waals surface area contributed by atoms with Gasteiger partial charge in [0.1, 0.15) is 5.82 Å². The molecule has 9 nitrogen and oxygen atoms in total. The first-order valence-corrected chi connectivity index (χ1v) is 9.35. The van der Waals surface area contributed by atoms with Crippen LogP contribution in [0.15, 0.2) is 82.0 Å². The van der Waals surface area contributed by atoms with Crippen molar-refractivity contribution in [3.63, 3.8) is 0 Å². The summed E-state index contributed by atoms with van der Waals surface area (Å²) in [6.45, 7) is 0.189.